The summed E-state index contributed by atoms with van der Waals surface area (Å²) in [5.41, 5.74) is 0. The quantitative estimate of drug-likeness (QED) is 0.825. The highest BCUT2D eigenvalue weighted by Gasteiger charge is 2.29. The lowest BCUT2D eigenvalue weighted by Gasteiger charge is -2.15. The van der Waals surface area contributed by atoms with Crippen LogP contribution in [0.15, 0.2) is 38.2 Å². The van der Waals surface area contributed by atoms with E-state index in [0.717, 1.165) is 0 Å². The van der Waals surface area contributed by atoms with E-state index in [1.807, 2.05) is 0 Å². The summed E-state index contributed by atoms with van der Waals surface area (Å²) >= 11 is 13.1. The van der Waals surface area contributed by atoms with Crippen molar-refractivity contribution < 1.29 is 12.9 Å². The molecule has 1 heterocycles. The summed E-state index contributed by atoms with van der Waals surface area (Å²) in [6.07, 6.45) is 0. The van der Waals surface area contributed by atoms with Crippen LogP contribution in [0.2, 0.25) is 5.02 Å². The van der Waals surface area contributed by atoms with E-state index in [0.29, 0.717) is 13.9 Å². The number of nitrogens with zero attached hydrogens (tertiary/aromatic N) is 2. The maximum atomic E-state index is 12.4. The van der Waals surface area contributed by atoms with Crippen molar-refractivity contribution in [3.8, 4) is 0 Å². The van der Waals surface area contributed by atoms with Crippen LogP contribution in [0.4, 0.5) is 5.82 Å². The van der Waals surface area contributed by atoms with Crippen molar-refractivity contribution in [1.29, 1.82) is 0 Å². The molecular formula is C10H8BrClN2O3S2. The lowest BCUT2D eigenvalue weighted by atomic mass is 10.4. The van der Waals surface area contributed by atoms with Crippen molar-refractivity contribution in [3.05, 3.63) is 39.5 Å². The van der Waals surface area contributed by atoms with Crippen LogP contribution in [0, 0.1) is 6.92 Å². The lowest BCUT2D eigenvalue weighted by molar-refractivity contribution is 0.399. The Morgan fingerprint density at radius 3 is 2.58 bits per heavy atom. The Balaban J connectivity index is 2.52. The highest BCUT2D eigenvalue weighted by atomic mass is 79.9. The Morgan fingerprint density at radius 1 is 1.42 bits per heavy atom. The summed E-state index contributed by atoms with van der Waals surface area (Å²) in [5.74, 6) is 0.247. The number of sulfonamides is 1. The molecule has 0 bridgehead atoms. The molecule has 0 saturated heterocycles. The molecule has 0 spiro atoms. The monoisotopic (exact) mass is 382 g/mol. The number of hydrogen-bond donors (Lipinski definition) is 1. The maximum Gasteiger partial charge on any atom is 0.276 e. The molecule has 1 aromatic heterocycles. The van der Waals surface area contributed by atoms with Gasteiger partial charge in [-0.25, -0.2) is 8.42 Å². The van der Waals surface area contributed by atoms with E-state index in [1.165, 1.54) is 6.07 Å². The number of halogens is 2. The molecule has 0 aliphatic carbocycles. The number of anilines is 1. The van der Waals surface area contributed by atoms with Gasteiger partial charge in [-0.2, -0.15) is 3.71 Å². The van der Waals surface area contributed by atoms with Gasteiger partial charge >= 0.3 is 0 Å². The second-order valence-corrected chi connectivity index (χ2v) is 7.21. The fourth-order valence-corrected chi connectivity index (χ4v) is 3.99. The Bertz CT molecular complexity index is 717. The van der Waals surface area contributed by atoms with Crippen LogP contribution >= 0.6 is 40.3 Å². The molecule has 19 heavy (non-hydrogen) atoms. The molecule has 2 aromatic rings. The topological polar surface area (TPSA) is 63.4 Å². The highest BCUT2D eigenvalue weighted by Crippen LogP contribution is 2.34. The van der Waals surface area contributed by atoms with Crippen molar-refractivity contribution in [2.45, 2.75) is 11.8 Å². The van der Waals surface area contributed by atoms with Crippen LogP contribution in [0.5, 0.6) is 0 Å². The van der Waals surface area contributed by atoms with Gasteiger partial charge in [0, 0.05) is 4.47 Å². The Morgan fingerprint density at radius 2 is 2.05 bits per heavy atom. The molecule has 9 heteroatoms. The van der Waals surface area contributed by atoms with E-state index in [1.54, 1.807) is 25.1 Å². The normalized spacial score (nSPS) is 11.6. The molecule has 0 N–H and O–H groups in total. The summed E-state index contributed by atoms with van der Waals surface area (Å²) in [7, 11) is -3.89. The van der Waals surface area contributed by atoms with E-state index < -0.39 is 10.0 Å². The Kier molecular flexibility index (Phi) is 4.14. The molecule has 102 valence electrons. The third-order valence-electron chi connectivity index (χ3n) is 2.30. The Hall–Kier alpha value is -0.700. The first-order valence-electron chi connectivity index (χ1n) is 4.96. The van der Waals surface area contributed by atoms with Crippen LogP contribution in [-0.4, -0.2) is 13.6 Å². The summed E-state index contributed by atoms with van der Waals surface area (Å²) < 4.78 is 30.7. The predicted molar refractivity (Wildman–Crippen MR) is 79.0 cm³/mol. The molecule has 0 aliphatic heterocycles. The van der Waals surface area contributed by atoms with Gasteiger partial charge in [-0.15, -0.1) is 0 Å². The molecule has 0 unspecified atom stereocenters. The minimum Gasteiger partial charge on any atom is -0.358 e. The minimum atomic E-state index is -3.89. The zero-order valence-electron chi connectivity index (χ0n) is 9.54. The minimum absolute atomic E-state index is 0.0571. The van der Waals surface area contributed by atoms with Crippen LogP contribution in [0.3, 0.4) is 0 Å². The molecule has 5 nitrogen and oxygen atoms in total. The number of benzene rings is 1. The largest absolute Gasteiger partial charge is 0.358 e. The van der Waals surface area contributed by atoms with Crippen molar-refractivity contribution in [2.75, 3.05) is 3.71 Å². The van der Waals surface area contributed by atoms with Crippen molar-refractivity contribution in [3.63, 3.8) is 0 Å². The van der Waals surface area contributed by atoms with E-state index in [4.69, 9.17) is 16.1 Å². The first kappa shape index (κ1) is 14.7. The maximum absolute atomic E-state index is 12.4. The van der Waals surface area contributed by atoms with Gasteiger partial charge in [0.25, 0.3) is 10.0 Å². The smallest absolute Gasteiger partial charge is 0.276 e. The average Bonchev–Trinajstić information content (AvgIpc) is 2.69. The second-order valence-electron chi connectivity index (χ2n) is 3.55. The van der Waals surface area contributed by atoms with E-state index in [2.05, 4.69) is 33.9 Å². The molecule has 0 saturated carbocycles. The number of aryl methyl sites for hydroxylation is 1. The molecule has 0 atom stereocenters. The fourth-order valence-electron chi connectivity index (χ4n) is 1.33. The van der Waals surface area contributed by atoms with Gasteiger partial charge in [-0.1, -0.05) is 28.9 Å². The van der Waals surface area contributed by atoms with Crippen LogP contribution in [-0.2, 0) is 10.0 Å². The lowest BCUT2D eigenvalue weighted by Crippen LogP contribution is -2.22. The standard InChI is InChI=1S/C10H8BrClN2O3S2/c1-6-9(12)10(13-17-6)14(18)19(15,16)8-5-3-2-4-7(8)11/h2-5,18H,1H3. The van der Waals surface area contributed by atoms with Gasteiger partial charge in [0.15, 0.2) is 5.76 Å². The summed E-state index contributed by atoms with van der Waals surface area (Å²) in [6, 6.07) is 6.38. The van der Waals surface area contributed by atoms with Gasteiger partial charge in [0.2, 0.25) is 5.82 Å². The number of hydrogen-bond acceptors (Lipinski definition) is 5. The van der Waals surface area contributed by atoms with Gasteiger partial charge < -0.3 is 4.52 Å². The number of thiol groups is 1. The molecule has 0 aliphatic rings. The average molecular weight is 384 g/mol. The summed E-state index contributed by atoms with van der Waals surface area (Å²) in [5, 5.41) is 3.69. The molecule has 1 aromatic carbocycles. The van der Waals surface area contributed by atoms with Crippen molar-refractivity contribution in [1.82, 2.24) is 5.16 Å². The molecule has 0 amide bonds. The zero-order chi connectivity index (χ0) is 14.2. The van der Waals surface area contributed by atoms with Crippen LogP contribution < -0.4 is 3.71 Å². The molecule has 0 fully saturated rings. The summed E-state index contributed by atoms with van der Waals surface area (Å²) in [4.78, 5) is 0.0571. The van der Waals surface area contributed by atoms with Gasteiger partial charge in [0.1, 0.15) is 9.92 Å². The zero-order valence-corrected chi connectivity index (χ0v) is 13.6. The van der Waals surface area contributed by atoms with Crippen LogP contribution in [0.1, 0.15) is 5.76 Å². The van der Waals surface area contributed by atoms with E-state index >= 15 is 0 Å². The van der Waals surface area contributed by atoms with Crippen molar-refractivity contribution in [2.24, 2.45) is 0 Å². The molecule has 0 radical (unpaired) electrons. The summed E-state index contributed by atoms with van der Waals surface area (Å²) in [6.45, 7) is 1.57. The third-order valence-corrected chi connectivity index (χ3v) is 6.06. The molecule has 2 rings (SSSR count). The van der Waals surface area contributed by atoms with Gasteiger partial charge in [-0.3, -0.25) is 0 Å². The number of rotatable bonds is 3. The number of aromatic nitrogens is 1. The van der Waals surface area contributed by atoms with E-state index in [-0.39, 0.29) is 15.7 Å². The predicted octanol–water partition coefficient (Wildman–Crippen LogP) is 3.44. The first-order chi connectivity index (χ1) is 8.85. The fraction of sp³-hybridized carbons (Fsp3) is 0.100. The van der Waals surface area contributed by atoms with Gasteiger partial charge in [0.05, 0.1) is 0 Å². The van der Waals surface area contributed by atoms with Gasteiger partial charge in [-0.05, 0) is 47.8 Å². The SMILES string of the molecule is Cc1onc(N(S)S(=O)(=O)c2ccccc2Br)c1Cl. The van der Waals surface area contributed by atoms with Crippen LogP contribution in [0.25, 0.3) is 0 Å². The highest BCUT2D eigenvalue weighted by molar-refractivity contribution is 9.10. The van der Waals surface area contributed by atoms with Crippen molar-refractivity contribution >= 4 is 56.2 Å². The Labute approximate surface area is 129 Å². The molecular weight excluding hydrogens is 376 g/mol. The van der Waals surface area contributed by atoms with E-state index in [9.17, 15) is 8.42 Å². The second kappa shape index (κ2) is 5.35. The first-order valence-corrected chi connectivity index (χ1v) is 7.97. The third kappa shape index (κ3) is 2.62.